The lowest BCUT2D eigenvalue weighted by Crippen LogP contribution is -2.18. The van der Waals surface area contributed by atoms with E-state index in [0.717, 1.165) is 0 Å². The third-order valence-corrected chi connectivity index (χ3v) is 8.28. The monoisotopic (exact) mass is 618 g/mol. The number of nitrogens with zero attached hydrogens (tertiary/aromatic N) is 2. The molecule has 224 valence electrons. The Bertz CT molecular complexity index is 2180. The van der Waals surface area contributed by atoms with E-state index in [1.54, 1.807) is 18.2 Å². The molecule has 44 heavy (non-hydrogen) atoms. The van der Waals surface area contributed by atoms with E-state index in [1.807, 2.05) is 0 Å². The second-order valence-electron chi connectivity index (χ2n) is 9.68. The van der Waals surface area contributed by atoms with E-state index in [9.17, 15) is 22.0 Å². The topological polar surface area (TPSA) is 137 Å². The third kappa shape index (κ3) is 5.11. The van der Waals surface area contributed by atoms with Gasteiger partial charge in [0.2, 0.25) is 21.8 Å². The molecular formula is C31H24F2N4O6S. The molecule has 0 bridgehead atoms. The number of para-hydroxylation sites is 1. The van der Waals surface area contributed by atoms with E-state index in [2.05, 4.69) is 20.0 Å². The van der Waals surface area contributed by atoms with Crippen LogP contribution in [0.1, 0.15) is 17.3 Å². The van der Waals surface area contributed by atoms with E-state index in [-0.39, 0.29) is 56.8 Å². The summed E-state index contributed by atoms with van der Waals surface area (Å²) >= 11 is 0. The van der Waals surface area contributed by atoms with Crippen LogP contribution in [0.2, 0.25) is 0 Å². The number of benzene rings is 3. The van der Waals surface area contributed by atoms with Gasteiger partial charge in [0.15, 0.2) is 11.4 Å². The van der Waals surface area contributed by atoms with Crippen molar-refractivity contribution in [1.82, 2.24) is 15.3 Å². The molecule has 13 heteroatoms. The number of oxazole rings is 1. The van der Waals surface area contributed by atoms with Crippen LogP contribution >= 0.6 is 0 Å². The molecule has 3 aromatic carbocycles. The molecule has 0 saturated carbocycles. The van der Waals surface area contributed by atoms with Crippen LogP contribution in [0.3, 0.4) is 0 Å². The zero-order valence-electron chi connectivity index (χ0n) is 23.6. The molecular weight excluding hydrogens is 594 g/mol. The number of hydrogen-bond donors (Lipinski definition) is 2. The molecule has 3 heterocycles. The first kappa shape index (κ1) is 28.8. The lowest BCUT2D eigenvalue weighted by atomic mass is 9.98. The minimum Gasteiger partial charge on any atom is -0.480 e. The molecule has 0 unspecified atom stereocenters. The zero-order valence-corrected chi connectivity index (χ0v) is 24.4. The summed E-state index contributed by atoms with van der Waals surface area (Å²) in [5.74, 6) is -1.39. The number of fused-ring (bicyclic) bond motifs is 2. The van der Waals surface area contributed by atoms with Gasteiger partial charge in [0, 0.05) is 41.4 Å². The summed E-state index contributed by atoms with van der Waals surface area (Å²) in [7, 11) is -0.916. The van der Waals surface area contributed by atoms with Gasteiger partial charge in [-0.15, -0.1) is 0 Å². The van der Waals surface area contributed by atoms with Gasteiger partial charge in [0.25, 0.3) is 5.91 Å². The number of sulfonamides is 1. The summed E-state index contributed by atoms with van der Waals surface area (Å²) in [5.41, 5.74) is 2.20. The minimum absolute atomic E-state index is 0.0229. The fraction of sp³-hybridized carbons (Fsp3) is 0.129. The normalized spacial score (nSPS) is 11.7. The van der Waals surface area contributed by atoms with Crippen LogP contribution < -0.4 is 14.8 Å². The molecule has 10 nitrogen and oxygen atoms in total. The molecule has 0 aliphatic heterocycles. The van der Waals surface area contributed by atoms with Crippen molar-refractivity contribution >= 4 is 43.7 Å². The highest BCUT2D eigenvalue weighted by molar-refractivity contribution is 7.92. The number of pyridine rings is 1. The van der Waals surface area contributed by atoms with Gasteiger partial charge >= 0.3 is 0 Å². The Balaban J connectivity index is 1.61. The van der Waals surface area contributed by atoms with Crippen molar-refractivity contribution in [2.75, 3.05) is 24.6 Å². The highest BCUT2D eigenvalue weighted by Crippen LogP contribution is 2.42. The lowest BCUT2D eigenvalue weighted by molar-refractivity contribution is 0.0964. The summed E-state index contributed by atoms with van der Waals surface area (Å²) in [6, 6.07) is 14.4. The third-order valence-electron chi connectivity index (χ3n) is 6.99. The van der Waals surface area contributed by atoms with Gasteiger partial charge < -0.3 is 18.9 Å². The van der Waals surface area contributed by atoms with E-state index in [0.29, 0.717) is 22.1 Å². The van der Waals surface area contributed by atoms with Crippen LogP contribution in [-0.2, 0) is 10.0 Å². The van der Waals surface area contributed by atoms with Crippen LogP contribution in [0.15, 0.2) is 75.7 Å². The second kappa shape index (κ2) is 11.1. The van der Waals surface area contributed by atoms with Crippen molar-refractivity contribution in [1.29, 1.82) is 0 Å². The maximum atomic E-state index is 14.4. The smallest absolute Gasteiger partial charge is 0.255 e. The number of carbonyl (C=O) groups excluding carboxylic acids is 1. The molecule has 0 spiro atoms. The largest absolute Gasteiger partial charge is 0.480 e. The number of halogens is 2. The SMILES string of the molecule is CCS(=O)(=O)Nc1cc2oc(-c3ccc(F)cc3)c(C(=O)NC)c2cc1-c1cnc(OC)c(-c2nc3c(F)cccc3o2)c1. The van der Waals surface area contributed by atoms with E-state index < -0.39 is 27.6 Å². The number of furan rings is 1. The van der Waals surface area contributed by atoms with Gasteiger partial charge in [-0.2, -0.15) is 0 Å². The predicted octanol–water partition coefficient (Wildman–Crippen LogP) is 6.38. The maximum Gasteiger partial charge on any atom is 0.255 e. The van der Waals surface area contributed by atoms with Crippen molar-refractivity contribution in [2.45, 2.75) is 6.92 Å². The van der Waals surface area contributed by atoms with Crippen molar-refractivity contribution in [3.63, 3.8) is 0 Å². The average Bonchev–Trinajstić information content (AvgIpc) is 3.63. The van der Waals surface area contributed by atoms with Gasteiger partial charge in [-0.05, 0) is 55.5 Å². The van der Waals surface area contributed by atoms with Crippen molar-refractivity contribution in [3.8, 4) is 39.8 Å². The summed E-state index contributed by atoms with van der Waals surface area (Å²) in [6.45, 7) is 1.49. The average molecular weight is 619 g/mol. The molecule has 1 amide bonds. The first-order valence-electron chi connectivity index (χ1n) is 13.3. The highest BCUT2D eigenvalue weighted by atomic mass is 32.2. The first-order chi connectivity index (χ1) is 21.1. The van der Waals surface area contributed by atoms with Gasteiger partial charge in [-0.3, -0.25) is 9.52 Å². The molecule has 0 saturated heterocycles. The molecule has 3 aromatic heterocycles. The quantitative estimate of drug-likeness (QED) is 0.201. The number of carbonyl (C=O) groups is 1. The summed E-state index contributed by atoms with van der Waals surface area (Å²) < 4.78 is 73.5. The fourth-order valence-corrected chi connectivity index (χ4v) is 5.45. The number of aromatic nitrogens is 2. The van der Waals surface area contributed by atoms with Crippen molar-refractivity contribution in [3.05, 3.63) is 84.1 Å². The van der Waals surface area contributed by atoms with Crippen LogP contribution in [-0.4, -0.2) is 44.2 Å². The summed E-state index contributed by atoms with van der Waals surface area (Å²) in [6.07, 6.45) is 1.46. The van der Waals surface area contributed by atoms with Crippen LogP contribution in [0.25, 0.3) is 56.0 Å². The highest BCUT2D eigenvalue weighted by Gasteiger charge is 2.26. The summed E-state index contributed by atoms with van der Waals surface area (Å²) in [4.78, 5) is 21.8. The Morgan fingerprint density at radius 1 is 0.977 bits per heavy atom. The van der Waals surface area contributed by atoms with Gasteiger partial charge in [0.05, 0.1) is 29.7 Å². The fourth-order valence-electron chi connectivity index (χ4n) is 4.81. The van der Waals surface area contributed by atoms with Crippen LogP contribution in [0.5, 0.6) is 5.88 Å². The number of methoxy groups -OCH3 is 1. The lowest BCUT2D eigenvalue weighted by Gasteiger charge is -2.14. The molecule has 2 N–H and O–H groups in total. The van der Waals surface area contributed by atoms with Gasteiger partial charge in [-0.1, -0.05) is 6.07 Å². The van der Waals surface area contributed by atoms with Crippen molar-refractivity contribution in [2.24, 2.45) is 0 Å². The van der Waals surface area contributed by atoms with Crippen molar-refractivity contribution < 1.29 is 35.6 Å². The number of anilines is 1. The zero-order chi connectivity index (χ0) is 31.2. The van der Waals surface area contributed by atoms with E-state index in [1.165, 1.54) is 69.7 Å². The Hall–Kier alpha value is -5.30. The van der Waals surface area contributed by atoms with E-state index in [4.69, 9.17) is 13.6 Å². The predicted molar refractivity (Wildman–Crippen MR) is 161 cm³/mol. The van der Waals surface area contributed by atoms with E-state index >= 15 is 0 Å². The Morgan fingerprint density at radius 2 is 1.75 bits per heavy atom. The standard InChI is InChI=1S/C31H24F2N4O6S/c1-4-44(39,40)37-23-14-25-20(26(29(38)34-2)28(42-25)16-8-10-18(32)11-9-16)13-19(23)17-12-21(30(41-3)35-15-17)31-36-27-22(33)6-5-7-24(27)43-31/h5-15,37H,4H2,1-3H3,(H,34,38). The Morgan fingerprint density at radius 3 is 2.43 bits per heavy atom. The molecule has 0 aliphatic carbocycles. The van der Waals surface area contributed by atoms with Crippen LogP contribution in [0.4, 0.5) is 14.5 Å². The maximum absolute atomic E-state index is 14.4. The molecule has 0 aliphatic rings. The number of hydrogen-bond acceptors (Lipinski definition) is 8. The van der Waals surface area contributed by atoms with Gasteiger partial charge in [0.1, 0.15) is 22.7 Å². The molecule has 0 radical (unpaired) electrons. The molecule has 6 aromatic rings. The number of ether oxygens (including phenoxy) is 1. The van der Waals surface area contributed by atoms with Crippen LogP contribution in [0, 0.1) is 11.6 Å². The minimum atomic E-state index is -3.78. The number of amides is 1. The number of nitrogens with one attached hydrogen (secondary N) is 2. The van der Waals surface area contributed by atoms with Gasteiger partial charge in [-0.25, -0.2) is 27.2 Å². The molecule has 0 atom stereocenters. The Labute approximate surface area is 249 Å². The second-order valence-corrected chi connectivity index (χ2v) is 11.7. The first-order valence-corrected chi connectivity index (χ1v) is 15.0. The molecule has 6 rings (SSSR count). The Kier molecular flexibility index (Phi) is 7.25. The number of rotatable bonds is 8. The summed E-state index contributed by atoms with van der Waals surface area (Å²) in [5, 5.41) is 2.96. The molecule has 0 fully saturated rings.